The van der Waals surface area contributed by atoms with Crippen LogP contribution in [0.3, 0.4) is 0 Å². The summed E-state index contributed by atoms with van der Waals surface area (Å²) in [5.41, 5.74) is 0.726. The molecule has 222 valence electrons. The molecule has 1 aliphatic rings. The van der Waals surface area contributed by atoms with Gasteiger partial charge in [-0.25, -0.2) is 4.79 Å². The average Bonchev–Trinajstić information content (AvgIpc) is 2.88. The van der Waals surface area contributed by atoms with Crippen LogP contribution in [0.1, 0.15) is 107 Å². The zero-order valence-electron chi connectivity index (χ0n) is 25.8. The Bertz CT molecular complexity index is 686. The minimum absolute atomic E-state index is 0.130. The predicted molar refractivity (Wildman–Crippen MR) is 160 cm³/mol. The lowest BCUT2D eigenvalue weighted by Gasteiger charge is -2.29. The largest absolute Gasteiger partial charge is 0.480 e. The van der Waals surface area contributed by atoms with E-state index in [0.717, 1.165) is 37.8 Å². The Morgan fingerprint density at radius 3 is 2.16 bits per heavy atom. The number of hydrogen-bond acceptors (Lipinski definition) is 4. The van der Waals surface area contributed by atoms with E-state index in [2.05, 4.69) is 43.2 Å². The monoisotopic (exact) mass is 538 g/mol. The Balaban J connectivity index is -0.000000856. The molecule has 3 atom stereocenters. The van der Waals surface area contributed by atoms with Gasteiger partial charge in [-0.3, -0.25) is 9.59 Å². The summed E-state index contributed by atoms with van der Waals surface area (Å²) in [6.45, 7) is 21.6. The molecule has 2 unspecified atom stereocenters. The lowest BCUT2D eigenvalue weighted by molar-refractivity contribution is -0.144. The molecule has 3 N–H and O–H groups in total. The number of aliphatic carboxylic acids is 1. The van der Waals surface area contributed by atoms with Crippen molar-refractivity contribution in [3.63, 3.8) is 0 Å². The smallest absolute Gasteiger partial charge is 0.326 e. The molecule has 7 heteroatoms. The maximum atomic E-state index is 12.4. The summed E-state index contributed by atoms with van der Waals surface area (Å²) in [5.74, 6) is -1.38. The predicted octanol–water partition coefficient (Wildman–Crippen LogP) is 7.05. The molecule has 0 radical (unpaired) electrons. The minimum atomic E-state index is -0.999. The zero-order chi connectivity index (χ0) is 29.9. The highest BCUT2D eigenvalue weighted by Crippen LogP contribution is 2.29. The molecule has 0 heterocycles. The Morgan fingerprint density at radius 1 is 1.11 bits per heavy atom. The molecule has 0 aromatic heterocycles. The number of amides is 2. The molecule has 0 bridgehead atoms. The van der Waals surface area contributed by atoms with Gasteiger partial charge in [0.15, 0.2) is 0 Å². The molecule has 1 fully saturated rings. The highest BCUT2D eigenvalue weighted by Gasteiger charge is 2.31. The number of allylic oxidation sites excluding steroid dienone is 4. The molecule has 0 aromatic carbocycles. The van der Waals surface area contributed by atoms with Gasteiger partial charge in [-0.1, -0.05) is 78.7 Å². The Labute approximate surface area is 233 Å². The van der Waals surface area contributed by atoms with E-state index in [4.69, 9.17) is 4.74 Å². The van der Waals surface area contributed by atoms with Crippen molar-refractivity contribution in [2.75, 3.05) is 13.2 Å². The molecule has 0 spiro atoms. The van der Waals surface area contributed by atoms with Gasteiger partial charge in [0.25, 0.3) is 0 Å². The molecular formula is C31H58N2O5. The van der Waals surface area contributed by atoms with Crippen molar-refractivity contribution in [1.29, 1.82) is 0 Å². The van der Waals surface area contributed by atoms with Crippen molar-refractivity contribution in [3.8, 4) is 0 Å². The summed E-state index contributed by atoms with van der Waals surface area (Å²) in [5, 5.41) is 14.6. The number of ether oxygens (including phenoxy) is 1. The summed E-state index contributed by atoms with van der Waals surface area (Å²) in [7, 11) is 0. The van der Waals surface area contributed by atoms with Crippen molar-refractivity contribution < 1.29 is 24.2 Å². The summed E-state index contributed by atoms with van der Waals surface area (Å²) in [6.07, 6.45) is 14.8. The van der Waals surface area contributed by atoms with Crippen molar-refractivity contribution >= 4 is 17.8 Å². The number of hydrogen-bond donors (Lipinski definition) is 3. The van der Waals surface area contributed by atoms with Gasteiger partial charge in [0.2, 0.25) is 11.8 Å². The van der Waals surface area contributed by atoms with Crippen LogP contribution in [0.15, 0.2) is 36.6 Å². The lowest BCUT2D eigenvalue weighted by Crippen LogP contribution is -2.47. The van der Waals surface area contributed by atoms with E-state index in [0.29, 0.717) is 19.6 Å². The highest BCUT2D eigenvalue weighted by atomic mass is 16.5. The van der Waals surface area contributed by atoms with Gasteiger partial charge < -0.3 is 20.5 Å². The standard InChI is InChI=1S/C19H32N2O5.C7H12.C3H8.C2H6/c1-5-16(20-13(4)22)11-26-10-14-7-6-8-15(9-14)18(23)21-17(12(2)3)19(24)25;1-3-5-7-6-4-2;1-3-2;1-2/h5,12,14-15,17H,6-11H2,1-4H3,(H,20,22)(H,21,23)(H,24,25);3-4,6H,1,5,7H2,2H3;3H2,1-2H3;1-2H3/b16-5+;6-4-;;/t14?,15?,17-;;;/m0.../s1. The first-order chi connectivity index (χ1) is 18.1. The summed E-state index contributed by atoms with van der Waals surface area (Å²) in [4.78, 5) is 34.8. The van der Waals surface area contributed by atoms with E-state index in [9.17, 15) is 19.5 Å². The van der Waals surface area contributed by atoms with Crippen LogP contribution in [-0.2, 0) is 19.1 Å². The molecular weight excluding hydrogens is 480 g/mol. The van der Waals surface area contributed by atoms with Crippen molar-refractivity contribution in [2.45, 2.75) is 113 Å². The van der Waals surface area contributed by atoms with Crippen LogP contribution in [0.25, 0.3) is 0 Å². The second-order valence-electron chi connectivity index (χ2n) is 9.45. The molecule has 0 aromatic rings. The number of carbonyl (C=O) groups excluding carboxylic acids is 2. The first kappa shape index (κ1) is 40.1. The van der Waals surface area contributed by atoms with Crippen LogP contribution in [0.5, 0.6) is 0 Å². The number of carboxylic acids is 1. The van der Waals surface area contributed by atoms with Crippen LogP contribution < -0.4 is 10.6 Å². The SMILES string of the molecule is C/C=C(\COCC1CCCC(C(=O)N[C@H](C(=O)O)C(C)C)C1)NC(C)=O.C=CCC/C=C\C.CC.CCC. The van der Waals surface area contributed by atoms with Crippen LogP contribution >= 0.6 is 0 Å². The number of unbranched alkanes of at least 4 members (excludes halogenated alkanes) is 1. The van der Waals surface area contributed by atoms with Gasteiger partial charge in [0.05, 0.1) is 6.61 Å². The van der Waals surface area contributed by atoms with Gasteiger partial charge >= 0.3 is 5.97 Å². The zero-order valence-corrected chi connectivity index (χ0v) is 25.8. The van der Waals surface area contributed by atoms with Crippen LogP contribution in [0, 0.1) is 17.8 Å². The van der Waals surface area contributed by atoms with Crippen molar-refractivity contribution in [1.82, 2.24) is 10.6 Å². The van der Waals surface area contributed by atoms with E-state index in [1.807, 2.05) is 33.8 Å². The molecule has 1 aliphatic carbocycles. The molecule has 2 amide bonds. The number of carbonyl (C=O) groups is 3. The summed E-state index contributed by atoms with van der Waals surface area (Å²) in [6, 6.07) is -0.853. The number of nitrogens with one attached hydrogen (secondary N) is 2. The molecule has 38 heavy (non-hydrogen) atoms. The third-order valence-corrected chi connectivity index (χ3v) is 5.45. The van der Waals surface area contributed by atoms with E-state index in [-0.39, 0.29) is 29.6 Å². The van der Waals surface area contributed by atoms with Gasteiger partial charge in [0.1, 0.15) is 6.04 Å². The Hall–Kier alpha value is -2.41. The Kier molecular flexibility index (Phi) is 29.1. The maximum absolute atomic E-state index is 12.4. The van der Waals surface area contributed by atoms with Crippen LogP contribution in [0.2, 0.25) is 0 Å². The fourth-order valence-corrected chi connectivity index (χ4v) is 3.60. The average molecular weight is 539 g/mol. The van der Waals surface area contributed by atoms with E-state index in [1.165, 1.54) is 13.3 Å². The number of rotatable bonds is 12. The second-order valence-corrected chi connectivity index (χ2v) is 9.45. The lowest BCUT2D eigenvalue weighted by atomic mass is 9.81. The second kappa shape index (κ2) is 27.6. The van der Waals surface area contributed by atoms with Crippen LogP contribution in [0.4, 0.5) is 0 Å². The van der Waals surface area contributed by atoms with E-state index >= 15 is 0 Å². The molecule has 0 aliphatic heterocycles. The van der Waals surface area contributed by atoms with E-state index < -0.39 is 12.0 Å². The first-order valence-corrected chi connectivity index (χ1v) is 14.3. The molecule has 0 saturated heterocycles. The normalized spacial score (nSPS) is 17.5. The topological polar surface area (TPSA) is 105 Å². The number of carboxylic acid groups (broad SMARTS) is 1. The summed E-state index contributed by atoms with van der Waals surface area (Å²) >= 11 is 0. The molecule has 1 saturated carbocycles. The minimum Gasteiger partial charge on any atom is -0.480 e. The maximum Gasteiger partial charge on any atom is 0.326 e. The fourth-order valence-electron chi connectivity index (χ4n) is 3.60. The quantitative estimate of drug-likeness (QED) is 0.182. The van der Waals surface area contributed by atoms with Crippen molar-refractivity contribution in [3.05, 3.63) is 36.6 Å². The van der Waals surface area contributed by atoms with Crippen LogP contribution in [-0.4, -0.2) is 42.1 Å². The molecule has 7 nitrogen and oxygen atoms in total. The third kappa shape index (κ3) is 22.8. The molecule has 1 rings (SSSR count). The summed E-state index contributed by atoms with van der Waals surface area (Å²) < 4.78 is 5.70. The van der Waals surface area contributed by atoms with Gasteiger partial charge in [-0.15, -0.1) is 6.58 Å². The van der Waals surface area contributed by atoms with Gasteiger partial charge in [-0.05, 0) is 57.8 Å². The van der Waals surface area contributed by atoms with Gasteiger partial charge in [-0.2, -0.15) is 0 Å². The van der Waals surface area contributed by atoms with Gasteiger partial charge in [0, 0.05) is 25.1 Å². The van der Waals surface area contributed by atoms with E-state index in [1.54, 1.807) is 19.9 Å². The first-order valence-electron chi connectivity index (χ1n) is 14.3. The third-order valence-electron chi connectivity index (χ3n) is 5.45. The fraction of sp³-hybridized carbons (Fsp3) is 0.710. The van der Waals surface area contributed by atoms with Crippen molar-refractivity contribution in [2.24, 2.45) is 17.8 Å². The highest BCUT2D eigenvalue weighted by molar-refractivity contribution is 5.85. The Morgan fingerprint density at radius 2 is 1.71 bits per heavy atom.